The fraction of sp³-hybridized carbons (Fsp3) is 0.471. The molecule has 53 heavy (non-hydrogen) atoms. The first-order chi connectivity index (χ1) is 24.4. The van der Waals surface area contributed by atoms with Crippen LogP contribution >= 0.6 is 0 Å². The van der Waals surface area contributed by atoms with Gasteiger partial charge in [0.25, 0.3) is 0 Å². The van der Waals surface area contributed by atoms with Gasteiger partial charge >= 0.3 is 42.1 Å². The first-order valence-corrected chi connectivity index (χ1v) is 15.8. The lowest BCUT2D eigenvalue weighted by Gasteiger charge is -2.33. The molecule has 0 saturated heterocycles. The average molecular weight is 785 g/mol. The summed E-state index contributed by atoms with van der Waals surface area (Å²) in [6, 6.07) is 8.84. The largest absolute Gasteiger partial charge is 0.490 e. The number of hydrogen-bond acceptors (Lipinski definition) is 5. The molecule has 19 heteroatoms. The predicted molar refractivity (Wildman–Crippen MR) is 160 cm³/mol. The summed E-state index contributed by atoms with van der Waals surface area (Å²) in [5, 5.41) is 0.617. The standard InChI is InChI=1S/C34H30F14O5/c1-2-3-4-5-8-25(31(39,40)41)53-28(49)21-10-9-20-18-22(12-11-19(20)17-21)52-29(50)23-13-14-24(27(36)26(23)35)51-16-7-6-15-30(37,38)32(42,43)33(44,45)34(46,47)48/h9-14,17-18,25H,2-8,15-16H2,1H3/t25-/m1/s1. The Morgan fingerprint density at radius 1 is 0.679 bits per heavy atom. The summed E-state index contributed by atoms with van der Waals surface area (Å²) in [5.74, 6) is -27.0. The number of rotatable bonds is 17. The van der Waals surface area contributed by atoms with Crippen molar-refractivity contribution in [3.05, 3.63) is 71.3 Å². The molecular formula is C34H30F14O5. The molecule has 0 unspecified atom stereocenters. The monoisotopic (exact) mass is 784 g/mol. The summed E-state index contributed by atoms with van der Waals surface area (Å²) in [4.78, 5) is 25.1. The van der Waals surface area contributed by atoms with Gasteiger partial charge in [-0.05, 0) is 72.9 Å². The Morgan fingerprint density at radius 2 is 1.32 bits per heavy atom. The van der Waals surface area contributed by atoms with E-state index in [1.807, 2.05) is 6.92 Å². The van der Waals surface area contributed by atoms with Crippen LogP contribution in [0.15, 0.2) is 48.5 Å². The molecule has 1 atom stereocenters. The van der Waals surface area contributed by atoms with E-state index in [0.717, 1.165) is 12.8 Å². The summed E-state index contributed by atoms with van der Waals surface area (Å²) >= 11 is 0. The number of unbranched alkanes of at least 4 members (excludes halogenated alkanes) is 4. The minimum absolute atomic E-state index is 0.199. The van der Waals surface area contributed by atoms with Gasteiger partial charge in [0.15, 0.2) is 17.7 Å². The first kappa shape index (κ1) is 43.1. The van der Waals surface area contributed by atoms with E-state index in [1.165, 1.54) is 36.4 Å². The lowest BCUT2D eigenvalue weighted by atomic mass is 9.99. The van der Waals surface area contributed by atoms with Crippen molar-refractivity contribution < 1.29 is 85.3 Å². The highest BCUT2D eigenvalue weighted by Gasteiger charge is 2.81. The highest BCUT2D eigenvalue weighted by molar-refractivity contribution is 5.96. The van der Waals surface area contributed by atoms with Gasteiger partial charge in [-0.25, -0.2) is 14.0 Å². The second-order valence-corrected chi connectivity index (χ2v) is 11.8. The quantitative estimate of drug-likeness (QED) is 0.0590. The maximum atomic E-state index is 14.7. The maximum Gasteiger partial charge on any atom is 0.460 e. The Morgan fingerprint density at radius 3 is 1.94 bits per heavy atom. The molecule has 294 valence electrons. The van der Waals surface area contributed by atoms with E-state index in [4.69, 9.17) is 14.2 Å². The molecule has 0 saturated carbocycles. The number of carbonyl (C=O) groups excluding carboxylic acids is 2. The molecule has 0 amide bonds. The molecular weight excluding hydrogens is 754 g/mol. The lowest BCUT2D eigenvalue weighted by Crippen LogP contribution is -2.60. The van der Waals surface area contributed by atoms with Gasteiger partial charge < -0.3 is 14.2 Å². The fourth-order valence-corrected chi connectivity index (χ4v) is 4.82. The van der Waals surface area contributed by atoms with Gasteiger partial charge in [-0.2, -0.15) is 57.1 Å². The van der Waals surface area contributed by atoms with E-state index >= 15 is 0 Å². The van der Waals surface area contributed by atoms with Crippen molar-refractivity contribution in [1.82, 2.24) is 0 Å². The summed E-state index contributed by atoms with van der Waals surface area (Å²) in [5.41, 5.74) is -1.16. The number of esters is 2. The molecule has 3 aromatic rings. The zero-order valence-electron chi connectivity index (χ0n) is 27.4. The molecule has 3 aromatic carbocycles. The molecule has 0 aliphatic heterocycles. The number of fused-ring (bicyclic) bond motifs is 1. The highest BCUT2D eigenvalue weighted by atomic mass is 19.4. The third-order valence-corrected chi connectivity index (χ3v) is 7.81. The number of benzene rings is 3. The highest BCUT2D eigenvalue weighted by Crippen LogP contribution is 2.54. The summed E-state index contributed by atoms with van der Waals surface area (Å²) in [6.45, 7) is 1.08. The Bertz CT molecular complexity index is 1740. The van der Waals surface area contributed by atoms with Crippen LogP contribution < -0.4 is 9.47 Å². The molecule has 3 rings (SSSR count). The molecule has 0 fully saturated rings. The molecule has 0 aliphatic carbocycles. The number of ether oxygens (including phenoxy) is 3. The van der Waals surface area contributed by atoms with Crippen molar-refractivity contribution >= 4 is 22.7 Å². The normalized spacial score (nSPS) is 13.6. The van der Waals surface area contributed by atoms with Gasteiger partial charge in [0.1, 0.15) is 5.75 Å². The third-order valence-electron chi connectivity index (χ3n) is 7.81. The Labute approximate surface area is 292 Å². The number of alkyl halides is 12. The van der Waals surface area contributed by atoms with Gasteiger partial charge in [-0.15, -0.1) is 0 Å². The van der Waals surface area contributed by atoms with E-state index in [2.05, 4.69) is 0 Å². The van der Waals surface area contributed by atoms with Crippen LogP contribution in [0.1, 0.15) is 79.0 Å². The predicted octanol–water partition coefficient (Wildman–Crippen LogP) is 11.4. The van der Waals surface area contributed by atoms with Crippen molar-refractivity contribution in [3.63, 3.8) is 0 Å². The SMILES string of the molecule is CCCCCC[C@@H](OC(=O)c1ccc2cc(OC(=O)c3ccc(OCCCCC(F)(F)C(F)(F)C(F)(F)C(F)(F)F)c(F)c3F)ccc2c1)C(F)(F)F. The van der Waals surface area contributed by atoms with Gasteiger partial charge in [-0.3, -0.25) is 0 Å². The summed E-state index contributed by atoms with van der Waals surface area (Å²) in [6.07, 6.45) is -16.1. The van der Waals surface area contributed by atoms with Crippen LogP contribution in [0.4, 0.5) is 61.5 Å². The average Bonchev–Trinajstić information content (AvgIpc) is 3.06. The molecule has 0 spiro atoms. The van der Waals surface area contributed by atoms with Crippen LogP contribution in [0.25, 0.3) is 10.8 Å². The molecule has 0 aromatic heterocycles. The molecule has 0 radical (unpaired) electrons. The second-order valence-electron chi connectivity index (χ2n) is 11.8. The van der Waals surface area contributed by atoms with Gasteiger partial charge in [0.05, 0.1) is 17.7 Å². The van der Waals surface area contributed by atoms with Crippen LogP contribution in [-0.4, -0.2) is 54.8 Å². The van der Waals surface area contributed by atoms with Crippen LogP contribution in [0.2, 0.25) is 0 Å². The minimum Gasteiger partial charge on any atom is -0.490 e. The van der Waals surface area contributed by atoms with Crippen LogP contribution in [0.3, 0.4) is 0 Å². The van der Waals surface area contributed by atoms with Crippen LogP contribution in [-0.2, 0) is 4.74 Å². The van der Waals surface area contributed by atoms with E-state index in [0.29, 0.717) is 29.3 Å². The zero-order chi connectivity index (χ0) is 40.0. The second kappa shape index (κ2) is 16.8. The summed E-state index contributed by atoms with van der Waals surface area (Å²) < 4.78 is 201. The smallest absolute Gasteiger partial charge is 0.460 e. The van der Waals surface area contributed by atoms with Crippen LogP contribution in [0.5, 0.6) is 11.5 Å². The van der Waals surface area contributed by atoms with E-state index in [9.17, 15) is 71.1 Å². The maximum absolute atomic E-state index is 14.7. The number of halogens is 14. The minimum atomic E-state index is -7.04. The topological polar surface area (TPSA) is 61.8 Å². The number of hydrogen-bond donors (Lipinski definition) is 0. The number of carbonyl (C=O) groups is 2. The van der Waals surface area contributed by atoms with Crippen LogP contribution in [0, 0.1) is 11.6 Å². The van der Waals surface area contributed by atoms with Crippen molar-refractivity contribution in [2.24, 2.45) is 0 Å². The van der Waals surface area contributed by atoms with E-state index in [-0.39, 0.29) is 17.7 Å². The Kier molecular flexibility index (Phi) is 13.6. The molecule has 0 aliphatic rings. The Hall–Kier alpha value is -4.32. The molecule has 0 heterocycles. The summed E-state index contributed by atoms with van der Waals surface area (Å²) in [7, 11) is 0. The van der Waals surface area contributed by atoms with E-state index in [1.54, 1.807) is 0 Å². The fourth-order valence-electron chi connectivity index (χ4n) is 4.82. The van der Waals surface area contributed by atoms with Crippen molar-refractivity contribution in [3.8, 4) is 11.5 Å². The Balaban J connectivity index is 1.60. The molecule has 0 N–H and O–H groups in total. The van der Waals surface area contributed by atoms with Gasteiger partial charge in [0, 0.05) is 6.42 Å². The van der Waals surface area contributed by atoms with Crippen molar-refractivity contribution in [2.75, 3.05) is 6.61 Å². The molecule has 5 nitrogen and oxygen atoms in total. The first-order valence-electron chi connectivity index (χ1n) is 15.8. The molecule has 0 bridgehead atoms. The van der Waals surface area contributed by atoms with Crippen molar-refractivity contribution in [1.29, 1.82) is 0 Å². The third kappa shape index (κ3) is 10.2. The van der Waals surface area contributed by atoms with Crippen molar-refractivity contribution in [2.45, 2.75) is 94.5 Å². The zero-order valence-corrected chi connectivity index (χ0v) is 27.4. The van der Waals surface area contributed by atoms with E-state index < -0.39 is 103 Å². The van der Waals surface area contributed by atoms with Gasteiger partial charge in [0.2, 0.25) is 5.82 Å². The van der Waals surface area contributed by atoms with Gasteiger partial charge in [-0.1, -0.05) is 38.3 Å². The lowest BCUT2D eigenvalue weighted by molar-refractivity contribution is -0.396.